The van der Waals surface area contributed by atoms with Crippen LogP contribution in [0.4, 0.5) is 0 Å². The van der Waals surface area contributed by atoms with E-state index in [1.165, 1.54) is 34.4 Å². The number of ketones is 1. The summed E-state index contributed by atoms with van der Waals surface area (Å²) in [4.78, 5) is 28.1. The van der Waals surface area contributed by atoms with Crippen molar-refractivity contribution in [2.24, 2.45) is 0 Å². The van der Waals surface area contributed by atoms with Gasteiger partial charge >= 0.3 is 0 Å². The molecule has 5 nitrogen and oxygen atoms in total. The Labute approximate surface area is 145 Å². The van der Waals surface area contributed by atoms with Gasteiger partial charge in [-0.25, -0.2) is 0 Å². The molecule has 3 heterocycles. The fourth-order valence-electron chi connectivity index (χ4n) is 1.63. The monoisotopic (exact) mass is 413 g/mol. The zero-order valence-electron chi connectivity index (χ0n) is 10.9. The molecule has 0 atom stereocenters. The third kappa shape index (κ3) is 3.54. The van der Waals surface area contributed by atoms with Gasteiger partial charge in [0.1, 0.15) is 0 Å². The number of aromatic nitrogens is 3. The van der Waals surface area contributed by atoms with Crippen LogP contribution in [0.2, 0.25) is 0 Å². The summed E-state index contributed by atoms with van der Waals surface area (Å²) >= 11 is 7.30. The predicted octanol–water partition coefficient (Wildman–Crippen LogP) is 3.69. The Bertz CT molecular complexity index is 858. The minimum atomic E-state index is -0.300. The minimum absolute atomic E-state index is 0.00863. The van der Waals surface area contributed by atoms with Crippen LogP contribution in [0.1, 0.15) is 9.67 Å². The summed E-state index contributed by atoms with van der Waals surface area (Å²) in [7, 11) is 0. The average molecular weight is 414 g/mol. The lowest BCUT2D eigenvalue weighted by Crippen LogP contribution is -2.14. The average Bonchev–Trinajstić information content (AvgIpc) is 3.16. The minimum Gasteiger partial charge on any atom is -0.298 e. The molecule has 3 rings (SSSR count). The molecule has 0 aromatic carbocycles. The summed E-state index contributed by atoms with van der Waals surface area (Å²) in [5.74, 6) is 0.196. The van der Waals surface area contributed by atoms with Crippen LogP contribution in [0.3, 0.4) is 0 Å². The summed E-state index contributed by atoms with van der Waals surface area (Å²) < 4.78 is 0.911. The van der Waals surface area contributed by atoms with Gasteiger partial charge in [-0.2, -0.15) is 0 Å². The lowest BCUT2D eigenvalue weighted by atomic mass is 10.4. The molecule has 0 amide bonds. The number of nitrogens with one attached hydrogen (secondary N) is 1. The second-order valence-electron chi connectivity index (χ2n) is 4.10. The Morgan fingerprint density at radius 3 is 2.82 bits per heavy atom. The molecular weight excluding hydrogens is 406 g/mol. The highest BCUT2D eigenvalue weighted by molar-refractivity contribution is 9.11. The molecule has 22 heavy (non-hydrogen) atoms. The molecule has 9 heteroatoms. The number of hydrogen-bond donors (Lipinski definition) is 1. The number of thiophene rings is 2. The molecular formula is C13H8BrN3O2S3. The topological polar surface area (TPSA) is 75.7 Å². The van der Waals surface area contributed by atoms with Gasteiger partial charge < -0.3 is 0 Å². The molecule has 0 unspecified atom stereocenters. The molecule has 0 aliphatic rings. The van der Waals surface area contributed by atoms with Crippen LogP contribution >= 0.6 is 50.4 Å². The van der Waals surface area contributed by atoms with Crippen molar-refractivity contribution in [3.63, 3.8) is 0 Å². The molecule has 3 aromatic rings. The molecule has 0 aliphatic carbocycles. The number of aromatic amines is 1. The molecule has 0 spiro atoms. The Kier molecular flexibility index (Phi) is 4.87. The van der Waals surface area contributed by atoms with Gasteiger partial charge in [-0.15, -0.1) is 32.9 Å². The number of carbonyl (C=O) groups is 1. The molecule has 0 radical (unpaired) electrons. The SMILES string of the molecule is O=C(CSc1nnc(-c2cccs2)c(=O)[nH]1)c1ccc(Br)s1. The Hall–Kier alpha value is -1.29. The Balaban J connectivity index is 1.70. The van der Waals surface area contributed by atoms with Crippen molar-refractivity contribution >= 4 is 56.1 Å². The summed E-state index contributed by atoms with van der Waals surface area (Å²) in [5, 5.41) is 10.1. The number of carbonyl (C=O) groups excluding carboxylic acids is 1. The van der Waals surface area contributed by atoms with Crippen molar-refractivity contribution in [1.29, 1.82) is 0 Å². The van der Waals surface area contributed by atoms with Crippen molar-refractivity contribution < 1.29 is 4.79 Å². The fraction of sp³-hybridized carbons (Fsp3) is 0.0769. The normalized spacial score (nSPS) is 10.8. The zero-order chi connectivity index (χ0) is 15.5. The molecule has 0 saturated carbocycles. The first-order chi connectivity index (χ1) is 10.6. The maximum absolute atomic E-state index is 12.0. The van der Waals surface area contributed by atoms with E-state index < -0.39 is 0 Å². The molecule has 112 valence electrons. The van der Waals surface area contributed by atoms with Crippen molar-refractivity contribution in [2.75, 3.05) is 5.75 Å². The molecule has 0 aliphatic heterocycles. The number of nitrogens with zero attached hydrogens (tertiary/aromatic N) is 2. The van der Waals surface area contributed by atoms with E-state index in [1.807, 2.05) is 23.6 Å². The van der Waals surface area contributed by atoms with Crippen LogP contribution in [0.5, 0.6) is 0 Å². The van der Waals surface area contributed by atoms with E-state index in [-0.39, 0.29) is 17.1 Å². The summed E-state index contributed by atoms with van der Waals surface area (Å²) in [6.45, 7) is 0. The standard InChI is InChI=1S/C13H8BrN3O2S3/c14-10-4-3-8(22-10)7(18)6-21-13-15-12(19)11(16-17-13)9-2-1-5-20-9/h1-5H,6H2,(H,15,17,19). The largest absolute Gasteiger partial charge is 0.298 e. The maximum atomic E-state index is 12.0. The third-order valence-electron chi connectivity index (χ3n) is 2.62. The lowest BCUT2D eigenvalue weighted by Gasteiger charge is -2.00. The van der Waals surface area contributed by atoms with E-state index in [0.717, 1.165) is 8.66 Å². The van der Waals surface area contributed by atoms with Crippen molar-refractivity contribution in [1.82, 2.24) is 15.2 Å². The first-order valence-corrected chi connectivity index (χ1v) is 9.53. The highest BCUT2D eigenvalue weighted by Crippen LogP contribution is 2.24. The Morgan fingerprint density at radius 1 is 1.32 bits per heavy atom. The molecule has 0 saturated heterocycles. The zero-order valence-corrected chi connectivity index (χ0v) is 14.9. The van der Waals surface area contributed by atoms with Crippen LogP contribution in [0.15, 0.2) is 43.4 Å². The van der Waals surface area contributed by atoms with E-state index >= 15 is 0 Å². The summed E-state index contributed by atoms with van der Waals surface area (Å²) in [6, 6.07) is 7.27. The van der Waals surface area contributed by atoms with Gasteiger partial charge in [-0.3, -0.25) is 14.6 Å². The Morgan fingerprint density at radius 2 is 2.18 bits per heavy atom. The highest BCUT2D eigenvalue weighted by Gasteiger charge is 2.12. The van der Waals surface area contributed by atoms with Crippen LogP contribution in [0, 0.1) is 0 Å². The fourth-order valence-corrected chi connectivity index (χ4v) is 4.44. The van der Waals surface area contributed by atoms with Gasteiger partial charge in [0, 0.05) is 0 Å². The smallest absolute Gasteiger partial charge is 0.279 e. The van der Waals surface area contributed by atoms with Crippen molar-refractivity contribution in [3.05, 3.63) is 48.7 Å². The second-order valence-corrected chi connectivity index (χ2v) is 8.48. The van der Waals surface area contributed by atoms with Gasteiger partial charge in [0.15, 0.2) is 16.6 Å². The van der Waals surface area contributed by atoms with Crippen LogP contribution < -0.4 is 5.56 Å². The van der Waals surface area contributed by atoms with Crippen LogP contribution in [-0.2, 0) is 0 Å². The van der Waals surface area contributed by atoms with Gasteiger partial charge in [-0.1, -0.05) is 17.8 Å². The maximum Gasteiger partial charge on any atom is 0.279 e. The second kappa shape index (κ2) is 6.86. The molecule has 3 aromatic heterocycles. The summed E-state index contributed by atoms with van der Waals surface area (Å²) in [5.41, 5.74) is -0.000805. The van der Waals surface area contributed by atoms with Gasteiger partial charge in [-0.05, 0) is 39.5 Å². The predicted molar refractivity (Wildman–Crippen MR) is 93.0 cm³/mol. The quantitative estimate of drug-likeness (QED) is 0.509. The first kappa shape index (κ1) is 15.6. The van der Waals surface area contributed by atoms with Crippen LogP contribution in [0.25, 0.3) is 10.6 Å². The van der Waals surface area contributed by atoms with E-state index in [2.05, 4.69) is 31.1 Å². The third-order valence-corrected chi connectivity index (χ3v) is 6.02. The number of hydrogen-bond acceptors (Lipinski definition) is 7. The molecule has 0 fully saturated rings. The van der Waals surface area contributed by atoms with Crippen molar-refractivity contribution in [2.45, 2.75) is 5.16 Å². The highest BCUT2D eigenvalue weighted by atomic mass is 79.9. The molecule has 1 N–H and O–H groups in total. The van der Waals surface area contributed by atoms with Crippen molar-refractivity contribution in [3.8, 4) is 10.6 Å². The van der Waals surface area contributed by atoms with Gasteiger partial charge in [0.2, 0.25) is 0 Å². The van der Waals surface area contributed by atoms with Gasteiger partial charge in [0.05, 0.1) is 19.3 Å². The number of Topliss-reactive ketones (excluding diaryl/α,β-unsaturated/α-hetero) is 1. The first-order valence-electron chi connectivity index (χ1n) is 6.05. The van der Waals surface area contributed by atoms with E-state index in [1.54, 1.807) is 6.07 Å². The van der Waals surface area contributed by atoms with Crippen LogP contribution in [-0.4, -0.2) is 26.7 Å². The van der Waals surface area contributed by atoms with E-state index in [0.29, 0.717) is 15.7 Å². The lowest BCUT2D eigenvalue weighted by molar-refractivity contribution is 0.102. The number of halogens is 1. The number of rotatable bonds is 5. The van der Waals surface area contributed by atoms with Gasteiger partial charge in [0.25, 0.3) is 5.56 Å². The summed E-state index contributed by atoms with van der Waals surface area (Å²) in [6.07, 6.45) is 0. The number of thioether (sulfide) groups is 1. The number of H-pyrrole nitrogens is 1. The van der Waals surface area contributed by atoms with E-state index in [9.17, 15) is 9.59 Å². The van der Waals surface area contributed by atoms with E-state index in [4.69, 9.17) is 0 Å². The molecule has 0 bridgehead atoms.